The molecular formula is C12H15N3O3S. The highest BCUT2D eigenvalue weighted by atomic mass is 32.2. The molecule has 0 fully saturated rings. The number of anilines is 1. The van der Waals surface area contributed by atoms with Gasteiger partial charge in [-0.2, -0.15) is 0 Å². The number of rotatable bonds is 5. The van der Waals surface area contributed by atoms with Crippen molar-refractivity contribution in [2.75, 3.05) is 11.8 Å². The van der Waals surface area contributed by atoms with Crippen molar-refractivity contribution in [3.8, 4) is 0 Å². The zero-order valence-electron chi connectivity index (χ0n) is 10.7. The first-order valence-corrected chi connectivity index (χ1v) is 7.19. The summed E-state index contributed by atoms with van der Waals surface area (Å²) in [6, 6.07) is 8.16. The molecule has 19 heavy (non-hydrogen) atoms. The van der Waals surface area contributed by atoms with Gasteiger partial charge in [0.1, 0.15) is 5.76 Å². The Hall–Kier alpha value is -1.86. The summed E-state index contributed by atoms with van der Waals surface area (Å²) in [5, 5.41) is 6.60. The molecule has 0 radical (unpaired) electrons. The van der Waals surface area contributed by atoms with Crippen LogP contribution in [0.5, 0.6) is 0 Å². The van der Waals surface area contributed by atoms with Crippen LogP contribution < -0.4 is 10.0 Å². The zero-order chi connectivity index (χ0) is 13.9. The van der Waals surface area contributed by atoms with Gasteiger partial charge in [0.25, 0.3) is 10.0 Å². The van der Waals surface area contributed by atoms with Crippen molar-refractivity contribution in [1.29, 1.82) is 0 Å². The summed E-state index contributed by atoms with van der Waals surface area (Å²) >= 11 is 0. The molecule has 1 aromatic heterocycles. The average Bonchev–Trinajstić information content (AvgIpc) is 2.75. The summed E-state index contributed by atoms with van der Waals surface area (Å²) in [4.78, 5) is 0.188. The molecule has 0 aliphatic rings. The fraction of sp³-hybridized carbons (Fsp3) is 0.250. The van der Waals surface area contributed by atoms with Gasteiger partial charge in [0, 0.05) is 12.6 Å². The van der Waals surface area contributed by atoms with E-state index in [1.807, 2.05) is 7.05 Å². The molecule has 0 aliphatic carbocycles. The quantitative estimate of drug-likeness (QED) is 0.867. The van der Waals surface area contributed by atoms with Gasteiger partial charge in [0.05, 0.1) is 4.90 Å². The predicted octanol–water partition coefficient (Wildman–Crippen LogP) is 1.50. The first kappa shape index (κ1) is 13.6. The topological polar surface area (TPSA) is 84.2 Å². The summed E-state index contributed by atoms with van der Waals surface area (Å²) in [6.07, 6.45) is 0. The Morgan fingerprint density at radius 2 is 1.95 bits per heavy atom. The fourth-order valence-electron chi connectivity index (χ4n) is 1.60. The Kier molecular flexibility index (Phi) is 3.87. The molecule has 2 N–H and O–H groups in total. The highest BCUT2D eigenvalue weighted by Crippen LogP contribution is 2.16. The molecular weight excluding hydrogens is 266 g/mol. The fourth-order valence-corrected chi connectivity index (χ4v) is 2.59. The third-order valence-electron chi connectivity index (χ3n) is 2.48. The van der Waals surface area contributed by atoms with E-state index in [-0.39, 0.29) is 10.7 Å². The number of hydrogen-bond donors (Lipinski definition) is 2. The number of sulfonamides is 1. The molecule has 0 amide bonds. The first-order valence-electron chi connectivity index (χ1n) is 5.71. The van der Waals surface area contributed by atoms with Crippen molar-refractivity contribution in [3.63, 3.8) is 0 Å². The molecule has 0 aliphatic heterocycles. The van der Waals surface area contributed by atoms with Crippen LogP contribution in [0, 0.1) is 6.92 Å². The summed E-state index contributed by atoms with van der Waals surface area (Å²) in [6.45, 7) is 2.38. The van der Waals surface area contributed by atoms with E-state index < -0.39 is 10.0 Å². The van der Waals surface area contributed by atoms with Crippen molar-refractivity contribution in [2.45, 2.75) is 18.4 Å². The van der Waals surface area contributed by atoms with Crippen LogP contribution in [0.1, 0.15) is 11.3 Å². The normalized spacial score (nSPS) is 11.5. The van der Waals surface area contributed by atoms with Crippen molar-refractivity contribution < 1.29 is 12.9 Å². The van der Waals surface area contributed by atoms with E-state index in [9.17, 15) is 8.42 Å². The average molecular weight is 281 g/mol. The van der Waals surface area contributed by atoms with Gasteiger partial charge in [-0.3, -0.25) is 4.72 Å². The Balaban J connectivity index is 2.19. The van der Waals surface area contributed by atoms with Gasteiger partial charge in [0.2, 0.25) is 0 Å². The number of aromatic nitrogens is 1. The smallest absolute Gasteiger partial charge is 0.263 e. The second-order valence-corrected chi connectivity index (χ2v) is 5.78. The maximum absolute atomic E-state index is 12.1. The molecule has 2 rings (SSSR count). The molecule has 1 aromatic carbocycles. The predicted molar refractivity (Wildman–Crippen MR) is 71.3 cm³/mol. The van der Waals surface area contributed by atoms with Crippen LogP contribution in [0.2, 0.25) is 0 Å². The second-order valence-electron chi connectivity index (χ2n) is 4.10. The highest BCUT2D eigenvalue weighted by molar-refractivity contribution is 7.92. The lowest BCUT2D eigenvalue weighted by Crippen LogP contribution is -2.13. The molecule has 0 atom stereocenters. The summed E-state index contributed by atoms with van der Waals surface area (Å²) in [7, 11) is -1.79. The van der Waals surface area contributed by atoms with E-state index >= 15 is 0 Å². The molecule has 2 aromatic rings. The Labute approximate surface area is 111 Å². The van der Waals surface area contributed by atoms with E-state index in [1.165, 1.54) is 6.07 Å². The van der Waals surface area contributed by atoms with Crippen molar-refractivity contribution in [2.24, 2.45) is 0 Å². The summed E-state index contributed by atoms with van der Waals surface area (Å²) < 4.78 is 31.3. The van der Waals surface area contributed by atoms with Crippen LogP contribution in [0.4, 0.5) is 5.82 Å². The number of aryl methyl sites for hydroxylation is 1. The minimum absolute atomic E-state index is 0.178. The molecule has 0 spiro atoms. The molecule has 0 bridgehead atoms. The summed E-state index contributed by atoms with van der Waals surface area (Å²) in [5.74, 6) is 0.721. The van der Waals surface area contributed by atoms with Crippen LogP contribution in [0.3, 0.4) is 0 Å². The van der Waals surface area contributed by atoms with Gasteiger partial charge < -0.3 is 9.84 Å². The lowest BCUT2D eigenvalue weighted by atomic mass is 10.2. The Bertz CT molecular complexity index is 647. The molecule has 6 nitrogen and oxygen atoms in total. The van der Waals surface area contributed by atoms with Crippen LogP contribution in [-0.4, -0.2) is 20.6 Å². The van der Waals surface area contributed by atoms with E-state index in [0.717, 1.165) is 5.56 Å². The van der Waals surface area contributed by atoms with Crippen molar-refractivity contribution in [1.82, 2.24) is 10.5 Å². The van der Waals surface area contributed by atoms with Crippen molar-refractivity contribution in [3.05, 3.63) is 41.7 Å². The Morgan fingerprint density at radius 1 is 1.26 bits per heavy atom. The van der Waals surface area contributed by atoms with Crippen LogP contribution in [0.15, 0.2) is 39.8 Å². The van der Waals surface area contributed by atoms with Gasteiger partial charge in [0.15, 0.2) is 5.82 Å². The third-order valence-corrected chi connectivity index (χ3v) is 3.85. The first-order chi connectivity index (χ1) is 9.01. The summed E-state index contributed by atoms with van der Waals surface area (Å²) in [5.41, 5.74) is 1.01. The molecule has 0 unspecified atom stereocenters. The maximum Gasteiger partial charge on any atom is 0.263 e. The Morgan fingerprint density at radius 3 is 2.47 bits per heavy atom. The highest BCUT2D eigenvalue weighted by Gasteiger charge is 2.15. The van der Waals surface area contributed by atoms with E-state index in [2.05, 4.69) is 15.2 Å². The molecule has 1 heterocycles. The SMILES string of the molecule is CNCc1ccc(S(=O)(=O)Nc2cc(C)on2)cc1. The monoisotopic (exact) mass is 281 g/mol. The van der Waals surface area contributed by atoms with Crippen molar-refractivity contribution >= 4 is 15.8 Å². The number of nitrogens with zero attached hydrogens (tertiary/aromatic N) is 1. The molecule has 102 valence electrons. The van der Waals surface area contributed by atoms with Gasteiger partial charge in [-0.05, 0) is 31.7 Å². The second kappa shape index (κ2) is 5.41. The van der Waals surface area contributed by atoms with E-state index in [4.69, 9.17) is 4.52 Å². The van der Waals surface area contributed by atoms with Gasteiger partial charge >= 0.3 is 0 Å². The van der Waals surface area contributed by atoms with Gasteiger partial charge in [-0.1, -0.05) is 17.3 Å². The number of hydrogen-bond acceptors (Lipinski definition) is 5. The lowest BCUT2D eigenvalue weighted by molar-refractivity contribution is 0.400. The zero-order valence-corrected chi connectivity index (χ0v) is 11.5. The molecule has 7 heteroatoms. The van der Waals surface area contributed by atoms with Gasteiger partial charge in [-0.15, -0.1) is 0 Å². The van der Waals surface area contributed by atoms with Gasteiger partial charge in [-0.25, -0.2) is 8.42 Å². The van der Waals surface area contributed by atoms with Crippen LogP contribution >= 0.6 is 0 Å². The molecule has 0 saturated heterocycles. The standard InChI is InChI=1S/C12H15N3O3S/c1-9-7-12(14-18-9)15-19(16,17)11-5-3-10(4-6-11)8-13-2/h3-7,13H,8H2,1-2H3,(H,14,15). The minimum Gasteiger partial charge on any atom is -0.360 e. The third kappa shape index (κ3) is 3.33. The largest absolute Gasteiger partial charge is 0.360 e. The maximum atomic E-state index is 12.1. The molecule has 0 saturated carbocycles. The number of benzene rings is 1. The van der Waals surface area contributed by atoms with E-state index in [1.54, 1.807) is 31.2 Å². The minimum atomic E-state index is -3.62. The lowest BCUT2D eigenvalue weighted by Gasteiger charge is -2.06. The van der Waals surface area contributed by atoms with E-state index in [0.29, 0.717) is 12.3 Å². The van der Waals surface area contributed by atoms with Crippen LogP contribution in [0.25, 0.3) is 0 Å². The van der Waals surface area contributed by atoms with Crippen LogP contribution in [-0.2, 0) is 16.6 Å². The number of nitrogens with one attached hydrogen (secondary N) is 2.